The van der Waals surface area contributed by atoms with E-state index in [1.807, 2.05) is 0 Å². The topological polar surface area (TPSA) is 0 Å². The predicted octanol–water partition coefficient (Wildman–Crippen LogP) is 5.90. The van der Waals surface area contributed by atoms with E-state index >= 15 is 0 Å². The molecule has 1 saturated carbocycles. The van der Waals surface area contributed by atoms with Gasteiger partial charge in [0.25, 0.3) is 0 Å². The molecule has 21 heavy (non-hydrogen) atoms. The zero-order valence-corrected chi connectivity index (χ0v) is 13.5. The summed E-state index contributed by atoms with van der Waals surface area (Å²) in [5.74, 6) is 2.30. The zero-order valence-electron chi connectivity index (χ0n) is 13.5. The van der Waals surface area contributed by atoms with E-state index in [1.54, 1.807) is 5.56 Å². The standard InChI is InChI=1S/C21H27/c1-16-13-14-20(19(15-16)17-9-7-8-10-17)21(2,3)18-11-5-4-6-12-18/h4-12,16,19-20H,13-15H2,1-3H3/q-1/t16-,19+,20-/m1/s1. The minimum atomic E-state index is 0.239. The van der Waals surface area contributed by atoms with Crippen molar-refractivity contribution < 1.29 is 0 Å². The van der Waals surface area contributed by atoms with Gasteiger partial charge in [0.05, 0.1) is 0 Å². The van der Waals surface area contributed by atoms with Crippen LogP contribution in [0.4, 0.5) is 0 Å². The maximum absolute atomic E-state index is 2.44. The monoisotopic (exact) mass is 279 g/mol. The molecule has 0 bridgehead atoms. The maximum atomic E-state index is 2.44. The SMILES string of the molecule is C[C@@H]1CC[C@@H](C(C)(C)c2ccccc2)[C@H](c2ccc[cH-]2)C1. The van der Waals surface area contributed by atoms with Gasteiger partial charge in [0.1, 0.15) is 0 Å². The molecule has 0 heteroatoms. The summed E-state index contributed by atoms with van der Waals surface area (Å²) in [6.45, 7) is 7.31. The van der Waals surface area contributed by atoms with E-state index in [-0.39, 0.29) is 5.41 Å². The van der Waals surface area contributed by atoms with E-state index in [9.17, 15) is 0 Å². The molecule has 0 radical (unpaired) electrons. The van der Waals surface area contributed by atoms with Gasteiger partial charge >= 0.3 is 0 Å². The van der Waals surface area contributed by atoms with Crippen LogP contribution in [0.2, 0.25) is 0 Å². The van der Waals surface area contributed by atoms with E-state index in [2.05, 4.69) is 75.4 Å². The predicted molar refractivity (Wildman–Crippen MR) is 90.7 cm³/mol. The van der Waals surface area contributed by atoms with Gasteiger partial charge in [0.2, 0.25) is 0 Å². The molecule has 2 aromatic carbocycles. The molecule has 0 saturated heterocycles. The first kappa shape index (κ1) is 14.5. The van der Waals surface area contributed by atoms with Crippen molar-refractivity contribution in [2.75, 3.05) is 0 Å². The van der Waals surface area contributed by atoms with Gasteiger partial charge in [-0.3, -0.25) is 0 Å². The Bertz CT molecular complexity index is 547. The van der Waals surface area contributed by atoms with Crippen molar-refractivity contribution in [3.63, 3.8) is 0 Å². The Kier molecular flexibility index (Phi) is 3.97. The highest BCUT2D eigenvalue weighted by atomic mass is 14.4. The average Bonchev–Trinajstić information content (AvgIpc) is 3.02. The molecule has 2 aromatic rings. The normalized spacial score (nSPS) is 26.7. The molecule has 0 unspecified atom stereocenters. The first-order valence-corrected chi connectivity index (χ1v) is 8.36. The second-order valence-corrected chi connectivity index (χ2v) is 7.44. The van der Waals surface area contributed by atoms with Crippen molar-refractivity contribution in [1.82, 2.24) is 0 Å². The van der Waals surface area contributed by atoms with Gasteiger partial charge in [-0.15, -0.1) is 0 Å². The van der Waals surface area contributed by atoms with Crippen LogP contribution in [0.1, 0.15) is 57.1 Å². The Labute approximate surface area is 129 Å². The van der Waals surface area contributed by atoms with E-state index in [1.165, 1.54) is 24.8 Å². The van der Waals surface area contributed by atoms with E-state index in [0.717, 1.165) is 11.8 Å². The second kappa shape index (κ2) is 5.75. The third-order valence-electron chi connectivity index (χ3n) is 5.67. The maximum Gasteiger partial charge on any atom is -0.00703 e. The number of hydrogen-bond donors (Lipinski definition) is 0. The highest BCUT2D eigenvalue weighted by Gasteiger charge is 2.39. The molecule has 0 aliphatic heterocycles. The van der Waals surface area contributed by atoms with Crippen LogP contribution in [0.3, 0.4) is 0 Å². The highest BCUT2D eigenvalue weighted by molar-refractivity contribution is 5.29. The first-order valence-electron chi connectivity index (χ1n) is 8.36. The Balaban J connectivity index is 1.94. The van der Waals surface area contributed by atoms with Gasteiger partial charge in [-0.05, 0) is 41.6 Å². The smallest absolute Gasteiger partial charge is 0.00703 e. The van der Waals surface area contributed by atoms with Crippen molar-refractivity contribution in [1.29, 1.82) is 0 Å². The van der Waals surface area contributed by atoms with Crippen molar-refractivity contribution in [3.05, 3.63) is 65.7 Å². The quantitative estimate of drug-likeness (QED) is 0.613. The fraction of sp³-hybridized carbons (Fsp3) is 0.476. The summed E-state index contributed by atoms with van der Waals surface area (Å²) < 4.78 is 0. The van der Waals surface area contributed by atoms with E-state index in [0.29, 0.717) is 5.92 Å². The van der Waals surface area contributed by atoms with Crippen LogP contribution in [0.25, 0.3) is 0 Å². The summed E-state index contributed by atoms with van der Waals surface area (Å²) in [5.41, 5.74) is 3.28. The van der Waals surface area contributed by atoms with Crippen LogP contribution in [0, 0.1) is 11.8 Å². The lowest BCUT2D eigenvalue weighted by Gasteiger charge is -2.46. The van der Waals surface area contributed by atoms with E-state index < -0.39 is 0 Å². The molecule has 0 nitrogen and oxygen atoms in total. The van der Waals surface area contributed by atoms with Gasteiger partial charge in [-0.2, -0.15) is 17.7 Å². The average molecular weight is 279 g/mol. The molecule has 0 spiro atoms. The molecule has 1 fully saturated rings. The minimum Gasteiger partial charge on any atom is -0.213 e. The largest absolute Gasteiger partial charge is 0.213 e. The number of benzene rings is 1. The molecule has 1 aliphatic carbocycles. The lowest BCUT2D eigenvalue weighted by Crippen LogP contribution is -2.36. The van der Waals surface area contributed by atoms with Crippen molar-refractivity contribution in [2.24, 2.45) is 11.8 Å². The Morgan fingerprint density at radius 2 is 1.76 bits per heavy atom. The fourth-order valence-corrected chi connectivity index (χ4v) is 4.33. The Morgan fingerprint density at radius 1 is 1.00 bits per heavy atom. The molecule has 0 aromatic heterocycles. The Morgan fingerprint density at radius 3 is 2.43 bits per heavy atom. The summed E-state index contributed by atoms with van der Waals surface area (Å²) in [6, 6.07) is 20.1. The van der Waals surface area contributed by atoms with Crippen LogP contribution in [-0.4, -0.2) is 0 Å². The minimum absolute atomic E-state index is 0.239. The highest BCUT2D eigenvalue weighted by Crippen LogP contribution is 2.49. The van der Waals surface area contributed by atoms with Gasteiger partial charge in [0, 0.05) is 0 Å². The number of rotatable bonds is 3. The summed E-state index contributed by atoms with van der Waals surface area (Å²) in [4.78, 5) is 0. The number of hydrogen-bond acceptors (Lipinski definition) is 0. The third kappa shape index (κ3) is 2.81. The summed E-state index contributed by atoms with van der Waals surface area (Å²) in [6.07, 6.45) is 4.06. The van der Waals surface area contributed by atoms with E-state index in [4.69, 9.17) is 0 Å². The van der Waals surface area contributed by atoms with Crippen LogP contribution < -0.4 is 0 Å². The molecular weight excluding hydrogens is 252 g/mol. The molecule has 3 rings (SSSR count). The molecule has 1 aliphatic rings. The fourth-order valence-electron chi connectivity index (χ4n) is 4.33. The Hall–Kier alpha value is -1.43. The van der Waals surface area contributed by atoms with Crippen molar-refractivity contribution >= 4 is 0 Å². The third-order valence-corrected chi connectivity index (χ3v) is 5.67. The van der Waals surface area contributed by atoms with Gasteiger partial charge < -0.3 is 0 Å². The van der Waals surface area contributed by atoms with Gasteiger partial charge in [-0.25, -0.2) is 12.1 Å². The molecular formula is C21H27-. The zero-order chi connectivity index (χ0) is 14.9. The van der Waals surface area contributed by atoms with Crippen LogP contribution in [-0.2, 0) is 5.41 Å². The lowest BCUT2D eigenvalue weighted by atomic mass is 9.60. The summed E-state index contributed by atoms with van der Waals surface area (Å²) in [5, 5.41) is 0. The molecule has 0 amide bonds. The second-order valence-electron chi connectivity index (χ2n) is 7.44. The van der Waals surface area contributed by atoms with Gasteiger partial charge in [-0.1, -0.05) is 57.5 Å². The lowest BCUT2D eigenvalue weighted by molar-refractivity contribution is 0.169. The molecule has 0 heterocycles. The molecule has 112 valence electrons. The van der Waals surface area contributed by atoms with Crippen LogP contribution in [0.5, 0.6) is 0 Å². The first-order chi connectivity index (χ1) is 10.1. The molecule has 0 N–H and O–H groups in total. The molecule has 3 atom stereocenters. The summed E-state index contributed by atoms with van der Waals surface area (Å²) in [7, 11) is 0. The van der Waals surface area contributed by atoms with Gasteiger partial charge in [0.15, 0.2) is 0 Å². The van der Waals surface area contributed by atoms with Crippen molar-refractivity contribution in [3.8, 4) is 0 Å². The summed E-state index contributed by atoms with van der Waals surface area (Å²) >= 11 is 0. The van der Waals surface area contributed by atoms with Crippen LogP contribution in [0.15, 0.2) is 54.6 Å². The van der Waals surface area contributed by atoms with Crippen molar-refractivity contribution in [2.45, 2.75) is 51.4 Å². The van der Waals surface area contributed by atoms with Crippen LogP contribution >= 0.6 is 0 Å².